The predicted octanol–water partition coefficient (Wildman–Crippen LogP) is 1.23. The van der Waals surface area contributed by atoms with Crippen molar-refractivity contribution >= 4 is 0 Å². The van der Waals surface area contributed by atoms with Crippen molar-refractivity contribution in [1.82, 2.24) is 10.6 Å². The molecule has 1 aliphatic rings. The highest BCUT2D eigenvalue weighted by atomic mass is 15.0. The van der Waals surface area contributed by atoms with Crippen LogP contribution in [0.25, 0.3) is 0 Å². The Morgan fingerprint density at radius 2 is 1.91 bits per heavy atom. The molecule has 68 valence electrons. The largest absolute Gasteiger partial charge is 0.316 e. The highest BCUT2D eigenvalue weighted by molar-refractivity contribution is 4.89. The van der Waals surface area contributed by atoms with Gasteiger partial charge in [0.2, 0.25) is 0 Å². The van der Waals surface area contributed by atoms with Crippen molar-refractivity contribution in [3.8, 4) is 0 Å². The van der Waals surface area contributed by atoms with E-state index < -0.39 is 0 Å². The summed E-state index contributed by atoms with van der Waals surface area (Å²) in [5, 5.41) is 6.62. The van der Waals surface area contributed by atoms with Crippen molar-refractivity contribution in [1.29, 1.82) is 0 Å². The number of nitrogens with one attached hydrogen (secondary N) is 2. The van der Waals surface area contributed by atoms with Crippen molar-refractivity contribution < 1.29 is 0 Å². The second kappa shape index (κ2) is 5.56. The Morgan fingerprint density at radius 3 is 2.18 bits per heavy atom. The minimum atomic E-state index is 0.552. The predicted molar refractivity (Wildman–Crippen MR) is 50.9 cm³/mol. The zero-order valence-corrected chi connectivity index (χ0v) is 8.33. The summed E-state index contributed by atoms with van der Waals surface area (Å²) in [6.07, 6.45) is 0. The summed E-state index contributed by atoms with van der Waals surface area (Å²) in [5.74, 6) is 0. The molecule has 1 fully saturated rings. The maximum atomic E-state index is 3.35. The summed E-state index contributed by atoms with van der Waals surface area (Å²) in [6.45, 7) is 13.1. The van der Waals surface area contributed by atoms with Crippen molar-refractivity contribution in [2.45, 2.75) is 27.7 Å². The van der Waals surface area contributed by atoms with Crippen LogP contribution in [0.4, 0.5) is 0 Å². The van der Waals surface area contributed by atoms with E-state index in [0.717, 1.165) is 13.1 Å². The van der Waals surface area contributed by atoms with Gasteiger partial charge in [-0.25, -0.2) is 0 Å². The van der Waals surface area contributed by atoms with Crippen LogP contribution in [0.3, 0.4) is 0 Å². The van der Waals surface area contributed by atoms with Gasteiger partial charge in [-0.1, -0.05) is 27.7 Å². The minimum absolute atomic E-state index is 0.552. The fraction of sp³-hybridized carbons (Fsp3) is 1.00. The maximum absolute atomic E-state index is 3.35. The third-order valence-electron chi connectivity index (χ3n) is 1.91. The molecule has 0 radical (unpaired) electrons. The summed E-state index contributed by atoms with van der Waals surface area (Å²) in [7, 11) is 0. The smallest absolute Gasteiger partial charge is 0.00490 e. The summed E-state index contributed by atoms with van der Waals surface area (Å²) in [5.41, 5.74) is 0.552. The quantitative estimate of drug-likeness (QED) is 0.645. The number of rotatable bonds is 3. The Kier molecular flexibility index (Phi) is 5.51. The minimum Gasteiger partial charge on any atom is -0.316 e. The lowest BCUT2D eigenvalue weighted by molar-refractivity contribution is 0.191. The Labute approximate surface area is 70.8 Å². The van der Waals surface area contributed by atoms with Gasteiger partial charge in [0.05, 0.1) is 0 Å². The van der Waals surface area contributed by atoms with E-state index in [1.54, 1.807) is 0 Å². The Balaban J connectivity index is 0.000000461. The van der Waals surface area contributed by atoms with Gasteiger partial charge in [-0.05, 0) is 6.54 Å². The topological polar surface area (TPSA) is 24.1 Å². The molecular formula is C9H22N2. The van der Waals surface area contributed by atoms with Gasteiger partial charge in [0.15, 0.2) is 0 Å². The molecule has 0 aliphatic carbocycles. The lowest BCUT2D eigenvalue weighted by Gasteiger charge is -2.39. The van der Waals surface area contributed by atoms with E-state index in [1.165, 1.54) is 13.1 Å². The van der Waals surface area contributed by atoms with Crippen molar-refractivity contribution in [3.05, 3.63) is 0 Å². The summed E-state index contributed by atoms with van der Waals surface area (Å²) in [6, 6.07) is 0. The fourth-order valence-corrected chi connectivity index (χ4v) is 1.10. The van der Waals surface area contributed by atoms with Crippen LogP contribution in [0.2, 0.25) is 0 Å². The first-order chi connectivity index (χ1) is 5.27. The lowest BCUT2D eigenvalue weighted by atomic mass is 9.84. The van der Waals surface area contributed by atoms with Gasteiger partial charge >= 0.3 is 0 Å². The standard InChI is InChI=1S/C7H16N2.C2H6/c1-3-8-4-7(2)5-9-6-7;1-2/h8-9H,3-6H2,1-2H3;1-2H3. The van der Waals surface area contributed by atoms with E-state index >= 15 is 0 Å². The van der Waals surface area contributed by atoms with Crippen molar-refractivity contribution in [2.24, 2.45) is 5.41 Å². The van der Waals surface area contributed by atoms with Crippen LogP contribution in [0, 0.1) is 5.41 Å². The molecule has 1 saturated heterocycles. The normalized spacial score (nSPS) is 19.6. The Morgan fingerprint density at radius 1 is 1.36 bits per heavy atom. The van der Waals surface area contributed by atoms with Crippen LogP contribution >= 0.6 is 0 Å². The second-order valence-electron chi connectivity index (χ2n) is 3.19. The van der Waals surface area contributed by atoms with Crippen molar-refractivity contribution in [2.75, 3.05) is 26.2 Å². The first-order valence-corrected chi connectivity index (χ1v) is 4.68. The molecule has 11 heavy (non-hydrogen) atoms. The van der Waals surface area contributed by atoms with E-state index in [4.69, 9.17) is 0 Å². The van der Waals surface area contributed by atoms with Crippen LogP contribution in [-0.2, 0) is 0 Å². The molecular weight excluding hydrogens is 136 g/mol. The molecule has 0 bridgehead atoms. The Hall–Kier alpha value is -0.0800. The van der Waals surface area contributed by atoms with Crippen LogP contribution in [0.1, 0.15) is 27.7 Å². The summed E-state index contributed by atoms with van der Waals surface area (Å²) in [4.78, 5) is 0. The Bertz CT molecular complexity index is 87.6. The van der Waals surface area contributed by atoms with E-state index in [9.17, 15) is 0 Å². The average Bonchev–Trinajstić information content (AvgIpc) is 2.01. The van der Waals surface area contributed by atoms with Gasteiger partial charge in [-0.3, -0.25) is 0 Å². The first kappa shape index (κ1) is 10.9. The molecule has 0 unspecified atom stereocenters. The fourth-order valence-electron chi connectivity index (χ4n) is 1.10. The SMILES string of the molecule is CC.CCNCC1(C)CNC1. The van der Waals surface area contributed by atoms with Crippen LogP contribution in [0.15, 0.2) is 0 Å². The van der Waals surface area contributed by atoms with Gasteiger partial charge in [-0.2, -0.15) is 0 Å². The van der Waals surface area contributed by atoms with E-state index in [0.29, 0.717) is 5.41 Å². The molecule has 0 spiro atoms. The molecule has 2 heteroatoms. The molecule has 0 aromatic heterocycles. The van der Waals surface area contributed by atoms with Gasteiger partial charge in [0, 0.05) is 25.0 Å². The third kappa shape index (κ3) is 3.73. The molecule has 2 N–H and O–H groups in total. The van der Waals surface area contributed by atoms with Gasteiger partial charge in [0.1, 0.15) is 0 Å². The summed E-state index contributed by atoms with van der Waals surface area (Å²) < 4.78 is 0. The zero-order chi connectivity index (χ0) is 8.74. The van der Waals surface area contributed by atoms with E-state index in [1.807, 2.05) is 13.8 Å². The molecule has 0 amide bonds. The van der Waals surface area contributed by atoms with E-state index in [-0.39, 0.29) is 0 Å². The van der Waals surface area contributed by atoms with Gasteiger partial charge in [-0.15, -0.1) is 0 Å². The monoisotopic (exact) mass is 158 g/mol. The molecule has 1 rings (SSSR count). The molecule has 2 nitrogen and oxygen atoms in total. The first-order valence-electron chi connectivity index (χ1n) is 4.68. The molecule has 0 saturated carbocycles. The zero-order valence-electron chi connectivity index (χ0n) is 8.33. The van der Waals surface area contributed by atoms with Gasteiger partial charge < -0.3 is 10.6 Å². The molecule has 0 atom stereocenters. The molecule has 0 aromatic carbocycles. The van der Waals surface area contributed by atoms with Gasteiger partial charge in [0.25, 0.3) is 0 Å². The van der Waals surface area contributed by atoms with Crippen LogP contribution in [-0.4, -0.2) is 26.2 Å². The highest BCUT2D eigenvalue weighted by Gasteiger charge is 2.30. The third-order valence-corrected chi connectivity index (χ3v) is 1.91. The molecule has 1 aliphatic heterocycles. The average molecular weight is 158 g/mol. The van der Waals surface area contributed by atoms with Crippen molar-refractivity contribution in [3.63, 3.8) is 0 Å². The maximum Gasteiger partial charge on any atom is 0.00490 e. The van der Waals surface area contributed by atoms with E-state index in [2.05, 4.69) is 24.5 Å². The summed E-state index contributed by atoms with van der Waals surface area (Å²) >= 11 is 0. The second-order valence-corrected chi connectivity index (χ2v) is 3.19. The highest BCUT2D eigenvalue weighted by Crippen LogP contribution is 2.18. The lowest BCUT2D eigenvalue weighted by Crippen LogP contribution is -2.56. The van der Waals surface area contributed by atoms with Crippen LogP contribution in [0.5, 0.6) is 0 Å². The number of hydrogen-bond donors (Lipinski definition) is 2. The molecule has 0 aromatic rings. The van der Waals surface area contributed by atoms with Crippen LogP contribution < -0.4 is 10.6 Å². The number of hydrogen-bond acceptors (Lipinski definition) is 2. The molecule has 1 heterocycles.